The van der Waals surface area contributed by atoms with E-state index in [1.54, 1.807) is 18.0 Å². The summed E-state index contributed by atoms with van der Waals surface area (Å²) in [4.78, 5) is 26.5. The van der Waals surface area contributed by atoms with Gasteiger partial charge in [-0.1, -0.05) is 0 Å². The maximum absolute atomic E-state index is 12.5. The van der Waals surface area contributed by atoms with Gasteiger partial charge in [-0.15, -0.1) is 11.3 Å². The van der Waals surface area contributed by atoms with Gasteiger partial charge in [0.25, 0.3) is 0 Å². The van der Waals surface area contributed by atoms with E-state index < -0.39 is 6.04 Å². The Balaban J connectivity index is 2.10. The average Bonchev–Trinajstić information content (AvgIpc) is 2.87. The number of aryl methyl sites for hydroxylation is 3. The lowest BCUT2D eigenvalue weighted by Crippen LogP contribution is -2.36. The van der Waals surface area contributed by atoms with E-state index in [9.17, 15) is 4.79 Å². The molecule has 0 unspecified atom stereocenters. The normalized spacial score (nSPS) is 12.0. The quantitative estimate of drug-likeness (QED) is 0.798. The fourth-order valence-electron chi connectivity index (χ4n) is 2.06. The number of aromatic nitrogens is 3. The number of nitrogens with one attached hydrogen (secondary N) is 2. The van der Waals surface area contributed by atoms with E-state index in [-0.39, 0.29) is 5.91 Å². The van der Waals surface area contributed by atoms with Crippen molar-refractivity contribution in [1.82, 2.24) is 15.0 Å². The first-order chi connectivity index (χ1) is 11.0. The van der Waals surface area contributed by atoms with Crippen LogP contribution >= 0.6 is 23.1 Å². The van der Waals surface area contributed by atoms with Crippen molar-refractivity contribution in [3.63, 3.8) is 0 Å². The van der Waals surface area contributed by atoms with Crippen LogP contribution in [0.25, 0.3) is 0 Å². The first-order valence-electron chi connectivity index (χ1n) is 7.29. The van der Waals surface area contributed by atoms with Crippen LogP contribution < -0.4 is 10.6 Å². The molecule has 2 rings (SSSR count). The lowest BCUT2D eigenvalue weighted by atomic mass is 10.2. The van der Waals surface area contributed by atoms with Crippen LogP contribution in [0, 0.1) is 20.8 Å². The van der Waals surface area contributed by atoms with Gasteiger partial charge in [-0.05, 0) is 45.3 Å². The van der Waals surface area contributed by atoms with E-state index in [4.69, 9.17) is 0 Å². The van der Waals surface area contributed by atoms with Crippen LogP contribution in [-0.4, -0.2) is 38.9 Å². The van der Waals surface area contributed by atoms with E-state index in [1.165, 1.54) is 11.3 Å². The number of thiazole rings is 1. The molecular formula is C15H21N5OS2. The van der Waals surface area contributed by atoms with Crippen molar-refractivity contribution in [1.29, 1.82) is 0 Å². The van der Waals surface area contributed by atoms with Crippen molar-refractivity contribution in [3.8, 4) is 0 Å². The Hall–Kier alpha value is -1.67. The molecule has 8 heteroatoms. The largest absolute Gasteiger partial charge is 0.342 e. The zero-order chi connectivity index (χ0) is 16.8. The third-order valence-corrected chi connectivity index (χ3v) is 4.54. The second kappa shape index (κ2) is 8.26. The van der Waals surface area contributed by atoms with E-state index in [0.717, 1.165) is 22.0 Å². The Kier molecular flexibility index (Phi) is 6.35. The van der Waals surface area contributed by atoms with Crippen LogP contribution in [-0.2, 0) is 4.79 Å². The number of carbonyl (C=O) groups excluding carboxylic acids is 1. The summed E-state index contributed by atoms with van der Waals surface area (Å²) in [6.45, 7) is 5.78. The Bertz CT molecular complexity index is 653. The zero-order valence-electron chi connectivity index (χ0n) is 13.7. The minimum absolute atomic E-state index is 0.115. The van der Waals surface area contributed by atoms with Crippen molar-refractivity contribution in [2.75, 3.05) is 22.6 Å². The van der Waals surface area contributed by atoms with E-state index in [2.05, 4.69) is 25.6 Å². The number of nitrogens with zero attached hydrogens (tertiary/aromatic N) is 3. The molecule has 0 fully saturated rings. The minimum Gasteiger partial charge on any atom is -0.342 e. The molecule has 0 aliphatic heterocycles. The van der Waals surface area contributed by atoms with E-state index in [1.807, 2.05) is 33.1 Å². The average molecular weight is 352 g/mol. The van der Waals surface area contributed by atoms with Gasteiger partial charge >= 0.3 is 0 Å². The first-order valence-corrected chi connectivity index (χ1v) is 9.50. The summed E-state index contributed by atoms with van der Waals surface area (Å²) < 4.78 is 0. The predicted molar refractivity (Wildman–Crippen MR) is 97.4 cm³/mol. The first kappa shape index (κ1) is 17.7. The van der Waals surface area contributed by atoms with Gasteiger partial charge in [0.05, 0.1) is 0 Å². The highest BCUT2D eigenvalue weighted by molar-refractivity contribution is 7.98. The molecule has 23 heavy (non-hydrogen) atoms. The second-order valence-corrected chi connectivity index (χ2v) is 7.44. The molecular weight excluding hydrogens is 330 g/mol. The number of hydrogen-bond acceptors (Lipinski definition) is 7. The number of anilines is 2. The van der Waals surface area contributed by atoms with Crippen LogP contribution in [0.2, 0.25) is 0 Å². The fourth-order valence-corrected chi connectivity index (χ4v) is 3.19. The summed E-state index contributed by atoms with van der Waals surface area (Å²) in [5.74, 6) is 1.24. The molecule has 1 amide bonds. The molecule has 1 atom stereocenters. The van der Waals surface area contributed by atoms with Gasteiger partial charge in [-0.25, -0.2) is 15.0 Å². The maximum Gasteiger partial charge on any atom is 0.248 e. The Labute approximate surface area is 144 Å². The predicted octanol–water partition coefficient (Wildman–Crippen LogP) is 3.03. The summed E-state index contributed by atoms with van der Waals surface area (Å²) in [5, 5.41) is 6.63. The maximum atomic E-state index is 12.5. The second-order valence-electron chi connectivity index (χ2n) is 5.22. The van der Waals surface area contributed by atoms with Crippen molar-refractivity contribution in [2.24, 2.45) is 0 Å². The monoisotopic (exact) mass is 351 g/mol. The summed E-state index contributed by atoms with van der Waals surface area (Å²) in [6, 6.07) is 1.51. The lowest BCUT2D eigenvalue weighted by molar-refractivity contribution is -0.116. The molecule has 0 aliphatic rings. The van der Waals surface area contributed by atoms with Gasteiger partial charge in [0, 0.05) is 22.5 Å². The van der Waals surface area contributed by atoms with Gasteiger partial charge in [-0.2, -0.15) is 11.8 Å². The number of hydrogen-bond donors (Lipinski definition) is 2. The van der Waals surface area contributed by atoms with Crippen molar-refractivity contribution in [2.45, 2.75) is 33.2 Å². The molecule has 0 aromatic carbocycles. The van der Waals surface area contributed by atoms with Gasteiger partial charge in [-0.3, -0.25) is 4.79 Å². The lowest BCUT2D eigenvalue weighted by Gasteiger charge is -2.17. The van der Waals surface area contributed by atoms with Crippen LogP contribution in [0.15, 0.2) is 12.3 Å². The molecule has 6 nitrogen and oxygen atoms in total. The minimum atomic E-state index is -0.396. The molecule has 2 aromatic heterocycles. The highest BCUT2D eigenvalue weighted by Crippen LogP contribution is 2.18. The number of carbonyl (C=O) groups is 1. The third kappa shape index (κ3) is 5.47. The van der Waals surface area contributed by atoms with Crippen molar-refractivity contribution in [3.05, 3.63) is 28.5 Å². The SMILES string of the molecule is CSCC[C@H](Nc1nc(C)cc(C)n1)C(=O)Nc1ncc(C)s1. The van der Waals surface area contributed by atoms with Crippen LogP contribution in [0.1, 0.15) is 22.7 Å². The number of rotatable bonds is 7. The van der Waals surface area contributed by atoms with Crippen LogP contribution in [0.3, 0.4) is 0 Å². The van der Waals surface area contributed by atoms with E-state index in [0.29, 0.717) is 17.5 Å². The number of thioether (sulfide) groups is 1. The summed E-state index contributed by atoms with van der Waals surface area (Å²) in [6.07, 6.45) is 4.46. The van der Waals surface area contributed by atoms with Crippen LogP contribution in [0.5, 0.6) is 0 Å². The summed E-state index contributed by atoms with van der Waals surface area (Å²) in [5.41, 5.74) is 1.75. The molecule has 0 saturated heterocycles. The Morgan fingerprint density at radius 1 is 1.30 bits per heavy atom. The van der Waals surface area contributed by atoms with E-state index >= 15 is 0 Å². The topological polar surface area (TPSA) is 79.8 Å². The zero-order valence-corrected chi connectivity index (χ0v) is 15.3. The highest BCUT2D eigenvalue weighted by Gasteiger charge is 2.20. The molecule has 0 bridgehead atoms. The molecule has 0 saturated carbocycles. The third-order valence-electron chi connectivity index (χ3n) is 3.06. The van der Waals surface area contributed by atoms with Gasteiger partial charge in [0.15, 0.2) is 5.13 Å². The smallest absolute Gasteiger partial charge is 0.248 e. The standard InChI is InChI=1S/C15H21N5OS2/c1-9-7-10(2)18-14(17-9)19-12(5-6-22-4)13(21)20-15-16-8-11(3)23-15/h7-8,12H,5-6H2,1-4H3,(H,16,20,21)(H,17,18,19)/t12-/m0/s1. The fraction of sp³-hybridized carbons (Fsp3) is 0.467. The summed E-state index contributed by atoms with van der Waals surface area (Å²) >= 11 is 3.16. The van der Waals surface area contributed by atoms with Crippen LogP contribution in [0.4, 0.5) is 11.1 Å². The molecule has 0 aliphatic carbocycles. The van der Waals surface area contributed by atoms with Gasteiger partial charge in [0.1, 0.15) is 6.04 Å². The molecule has 0 radical (unpaired) electrons. The number of amides is 1. The van der Waals surface area contributed by atoms with Crippen molar-refractivity contribution >= 4 is 40.1 Å². The summed E-state index contributed by atoms with van der Waals surface area (Å²) in [7, 11) is 0. The van der Waals surface area contributed by atoms with Gasteiger partial charge in [0.2, 0.25) is 11.9 Å². The Morgan fingerprint density at radius 2 is 2.00 bits per heavy atom. The molecule has 2 heterocycles. The molecule has 124 valence electrons. The van der Waals surface area contributed by atoms with Gasteiger partial charge < -0.3 is 10.6 Å². The highest BCUT2D eigenvalue weighted by atomic mass is 32.2. The molecule has 2 aromatic rings. The molecule has 2 N–H and O–H groups in total. The molecule has 0 spiro atoms. The van der Waals surface area contributed by atoms with Crippen molar-refractivity contribution < 1.29 is 4.79 Å². The Morgan fingerprint density at radius 3 is 2.57 bits per heavy atom.